The Morgan fingerprint density at radius 2 is 2.00 bits per heavy atom. The van der Waals surface area contributed by atoms with Crippen LogP contribution in [0.25, 0.3) is 0 Å². The molecule has 0 heterocycles. The van der Waals surface area contributed by atoms with Gasteiger partial charge in [0, 0.05) is 24.8 Å². The van der Waals surface area contributed by atoms with Crippen molar-refractivity contribution in [3.63, 3.8) is 0 Å². The quantitative estimate of drug-likeness (QED) is 0.654. The topological polar surface area (TPSA) is 60.0 Å². The van der Waals surface area contributed by atoms with E-state index in [4.69, 9.17) is 14.2 Å². The van der Waals surface area contributed by atoms with Gasteiger partial charge in [-0.3, -0.25) is 0 Å². The van der Waals surface area contributed by atoms with Crippen LogP contribution in [-0.4, -0.2) is 44.7 Å². The van der Waals surface area contributed by atoms with Crippen LogP contribution in [0.4, 0.5) is 0 Å². The third-order valence-electron chi connectivity index (χ3n) is 2.82. The summed E-state index contributed by atoms with van der Waals surface area (Å²) in [7, 11) is 1.88. The van der Waals surface area contributed by atoms with Gasteiger partial charge >= 0.3 is 0 Å². The van der Waals surface area contributed by atoms with Crippen molar-refractivity contribution in [1.82, 2.24) is 5.32 Å². The predicted molar refractivity (Wildman–Crippen MR) is 83.0 cm³/mol. The monoisotopic (exact) mass is 297 g/mol. The Balaban J connectivity index is 2.66. The molecule has 0 saturated carbocycles. The third-order valence-corrected chi connectivity index (χ3v) is 2.82. The predicted octanol–water partition coefficient (Wildman–Crippen LogP) is 1.97. The van der Waals surface area contributed by atoms with E-state index in [1.807, 2.05) is 32.2 Å². The molecule has 5 nitrogen and oxygen atoms in total. The van der Waals surface area contributed by atoms with Crippen molar-refractivity contribution >= 4 is 0 Å². The van der Waals surface area contributed by atoms with Crippen LogP contribution in [0.5, 0.6) is 11.5 Å². The lowest BCUT2D eigenvalue weighted by Gasteiger charge is -2.16. The molecular formula is C16H27NO4. The van der Waals surface area contributed by atoms with Gasteiger partial charge in [0.25, 0.3) is 0 Å². The first-order valence-corrected chi connectivity index (χ1v) is 7.50. The summed E-state index contributed by atoms with van der Waals surface area (Å²) < 4.78 is 16.5. The van der Waals surface area contributed by atoms with Gasteiger partial charge in [-0.25, -0.2) is 0 Å². The van der Waals surface area contributed by atoms with Crippen LogP contribution in [-0.2, 0) is 11.3 Å². The van der Waals surface area contributed by atoms with Gasteiger partial charge in [-0.2, -0.15) is 0 Å². The summed E-state index contributed by atoms with van der Waals surface area (Å²) in [6, 6.07) is 5.79. The molecule has 0 aliphatic carbocycles. The van der Waals surface area contributed by atoms with Gasteiger partial charge in [0.1, 0.15) is 24.2 Å². The second kappa shape index (κ2) is 10.4. The van der Waals surface area contributed by atoms with Crippen LogP contribution in [0, 0.1) is 0 Å². The van der Waals surface area contributed by atoms with Crippen LogP contribution in [0.1, 0.15) is 25.8 Å². The second-order valence-corrected chi connectivity index (χ2v) is 4.77. The number of nitrogens with one attached hydrogen (secondary N) is 1. The van der Waals surface area contributed by atoms with E-state index in [-0.39, 0.29) is 13.2 Å². The van der Waals surface area contributed by atoms with Crippen molar-refractivity contribution in [2.45, 2.75) is 32.9 Å². The molecule has 0 aromatic heterocycles. The Bertz CT molecular complexity index is 398. The van der Waals surface area contributed by atoms with Crippen molar-refractivity contribution in [2.24, 2.45) is 0 Å². The van der Waals surface area contributed by atoms with Crippen molar-refractivity contribution in [3.05, 3.63) is 23.8 Å². The average molecular weight is 297 g/mol. The van der Waals surface area contributed by atoms with Crippen LogP contribution in [0.2, 0.25) is 0 Å². The fourth-order valence-corrected chi connectivity index (χ4v) is 1.80. The van der Waals surface area contributed by atoms with Gasteiger partial charge in [0.2, 0.25) is 0 Å². The number of hydrogen-bond acceptors (Lipinski definition) is 5. The summed E-state index contributed by atoms with van der Waals surface area (Å²) in [5.41, 5.74) is 1.03. The molecule has 5 heteroatoms. The van der Waals surface area contributed by atoms with Gasteiger partial charge < -0.3 is 24.6 Å². The molecule has 1 rings (SSSR count). The van der Waals surface area contributed by atoms with Gasteiger partial charge in [-0.1, -0.05) is 13.0 Å². The molecule has 0 saturated heterocycles. The molecule has 0 amide bonds. The third kappa shape index (κ3) is 6.80. The number of aliphatic hydroxyl groups excluding tert-OH is 1. The molecule has 1 aromatic rings. The minimum absolute atomic E-state index is 0.202. The van der Waals surface area contributed by atoms with E-state index >= 15 is 0 Å². The maximum atomic E-state index is 9.78. The molecule has 1 unspecified atom stereocenters. The van der Waals surface area contributed by atoms with E-state index in [2.05, 4.69) is 12.2 Å². The minimum atomic E-state index is -0.632. The molecule has 21 heavy (non-hydrogen) atoms. The maximum absolute atomic E-state index is 9.78. The Labute approximate surface area is 127 Å². The van der Waals surface area contributed by atoms with E-state index in [1.54, 1.807) is 0 Å². The number of benzene rings is 1. The number of hydrogen-bond donors (Lipinski definition) is 2. The minimum Gasteiger partial charge on any atom is -0.493 e. The zero-order valence-corrected chi connectivity index (χ0v) is 13.2. The largest absolute Gasteiger partial charge is 0.493 e. The highest BCUT2D eigenvalue weighted by molar-refractivity contribution is 5.40. The molecule has 0 bridgehead atoms. The fraction of sp³-hybridized carbons (Fsp3) is 0.625. The normalized spacial score (nSPS) is 12.2. The molecule has 0 fully saturated rings. The lowest BCUT2D eigenvalue weighted by molar-refractivity contribution is 0.0162. The van der Waals surface area contributed by atoms with Crippen molar-refractivity contribution in [2.75, 3.05) is 33.5 Å². The van der Waals surface area contributed by atoms with Gasteiger partial charge in [-0.15, -0.1) is 0 Å². The lowest BCUT2D eigenvalue weighted by Crippen LogP contribution is -2.24. The smallest absolute Gasteiger partial charge is 0.127 e. The molecule has 0 aliphatic rings. The average Bonchev–Trinajstić information content (AvgIpc) is 2.50. The van der Waals surface area contributed by atoms with E-state index < -0.39 is 6.10 Å². The second-order valence-electron chi connectivity index (χ2n) is 4.77. The maximum Gasteiger partial charge on any atom is 0.127 e. The van der Waals surface area contributed by atoms with E-state index in [9.17, 15) is 5.11 Å². The highest BCUT2D eigenvalue weighted by atomic mass is 16.5. The molecule has 120 valence electrons. The standard InChI is InChI=1S/C16H27NO4/c1-4-8-20-15-7-6-13(10-17-3)16(9-15)21-12-14(18)11-19-5-2/h6-7,9,14,17-18H,4-5,8,10-12H2,1-3H3. The Morgan fingerprint density at radius 1 is 1.19 bits per heavy atom. The molecular weight excluding hydrogens is 270 g/mol. The first-order valence-electron chi connectivity index (χ1n) is 7.50. The highest BCUT2D eigenvalue weighted by Crippen LogP contribution is 2.25. The van der Waals surface area contributed by atoms with Gasteiger partial charge in [0.15, 0.2) is 0 Å². The van der Waals surface area contributed by atoms with Gasteiger partial charge in [0.05, 0.1) is 13.2 Å². The van der Waals surface area contributed by atoms with Crippen LogP contribution in [0.3, 0.4) is 0 Å². The van der Waals surface area contributed by atoms with Crippen molar-refractivity contribution < 1.29 is 19.3 Å². The summed E-state index contributed by atoms with van der Waals surface area (Å²) in [5, 5.41) is 12.9. The van der Waals surface area contributed by atoms with E-state index in [0.717, 1.165) is 23.5 Å². The molecule has 1 aromatic carbocycles. The first-order chi connectivity index (χ1) is 10.2. The Hall–Kier alpha value is -1.30. The Morgan fingerprint density at radius 3 is 2.67 bits per heavy atom. The molecule has 0 radical (unpaired) electrons. The van der Waals surface area contributed by atoms with E-state index in [1.165, 1.54) is 0 Å². The van der Waals surface area contributed by atoms with Crippen LogP contribution >= 0.6 is 0 Å². The van der Waals surface area contributed by atoms with Crippen molar-refractivity contribution in [3.8, 4) is 11.5 Å². The summed E-state index contributed by atoms with van der Waals surface area (Å²) in [6.07, 6.45) is 0.328. The number of rotatable bonds is 11. The van der Waals surface area contributed by atoms with Crippen molar-refractivity contribution in [1.29, 1.82) is 0 Å². The van der Waals surface area contributed by atoms with E-state index in [0.29, 0.717) is 19.8 Å². The number of aliphatic hydroxyl groups is 1. The first kappa shape index (κ1) is 17.8. The lowest BCUT2D eigenvalue weighted by atomic mass is 10.2. The fourth-order valence-electron chi connectivity index (χ4n) is 1.80. The van der Waals surface area contributed by atoms with Crippen LogP contribution in [0.15, 0.2) is 18.2 Å². The molecule has 0 spiro atoms. The number of ether oxygens (including phenoxy) is 3. The zero-order chi connectivity index (χ0) is 15.5. The summed E-state index contributed by atoms with van der Waals surface area (Å²) >= 11 is 0. The molecule has 1 atom stereocenters. The SMILES string of the molecule is CCCOc1ccc(CNC)c(OCC(O)COCC)c1. The molecule has 0 aliphatic heterocycles. The zero-order valence-electron chi connectivity index (χ0n) is 13.2. The van der Waals surface area contributed by atoms with Gasteiger partial charge in [-0.05, 0) is 26.5 Å². The Kier molecular flexibility index (Phi) is 8.82. The highest BCUT2D eigenvalue weighted by Gasteiger charge is 2.09. The van der Waals surface area contributed by atoms with Crippen LogP contribution < -0.4 is 14.8 Å². The summed E-state index contributed by atoms with van der Waals surface area (Å²) in [4.78, 5) is 0. The summed E-state index contributed by atoms with van der Waals surface area (Å²) in [6.45, 7) is 6.41. The summed E-state index contributed by atoms with van der Waals surface area (Å²) in [5.74, 6) is 1.51. The molecule has 2 N–H and O–H groups in total.